The van der Waals surface area contributed by atoms with Gasteiger partial charge in [0.25, 0.3) is 5.56 Å². The van der Waals surface area contributed by atoms with Crippen LogP contribution in [0.5, 0.6) is 0 Å². The Hall–Kier alpha value is -1.36. The fraction of sp³-hybridized carbons (Fsp3) is 0.500. The second kappa shape index (κ2) is 4.61. The molecule has 13 heavy (non-hydrogen) atoms. The van der Waals surface area contributed by atoms with E-state index in [9.17, 15) is 9.90 Å². The molecule has 0 aliphatic carbocycles. The number of aromatic amines is 1. The fourth-order valence-corrected chi connectivity index (χ4v) is 0.853. The van der Waals surface area contributed by atoms with Crippen molar-refractivity contribution >= 4 is 5.69 Å². The largest absolute Gasteiger partial charge is 0.391 e. The average molecular weight is 183 g/mol. The maximum absolute atomic E-state index is 10.8. The molecule has 1 unspecified atom stereocenters. The number of nitrogens with zero attached hydrogens (tertiary/aromatic N) is 1. The van der Waals surface area contributed by atoms with E-state index in [1.807, 2.05) is 6.92 Å². The van der Waals surface area contributed by atoms with Crippen LogP contribution in [-0.4, -0.2) is 28.0 Å². The summed E-state index contributed by atoms with van der Waals surface area (Å²) < 4.78 is 0. The van der Waals surface area contributed by atoms with Gasteiger partial charge < -0.3 is 10.4 Å². The van der Waals surface area contributed by atoms with Gasteiger partial charge in [0.1, 0.15) is 0 Å². The lowest BCUT2D eigenvalue weighted by molar-refractivity contribution is 0.183. The molecule has 1 heterocycles. The van der Waals surface area contributed by atoms with Gasteiger partial charge in [-0.05, 0) is 6.42 Å². The van der Waals surface area contributed by atoms with Gasteiger partial charge in [-0.25, -0.2) is 5.10 Å². The minimum Gasteiger partial charge on any atom is -0.391 e. The molecule has 0 aromatic carbocycles. The van der Waals surface area contributed by atoms with E-state index in [4.69, 9.17) is 0 Å². The molecule has 0 spiro atoms. The third kappa shape index (κ3) is 3.25. The molecule has 1 aromatic rings. The summed E-state index contributed by atoms with van der Waals surface area (Å²) in [7, 11) is 0. The molecule has 5 nitrogen and oxygen atoms in total. The molecule has 0 fully saturated rings. The Balaban J connectivity index is 2.50. The highest BCUT2D eigenvalue weighted by atomic mass is 16.3. The van der Waals surface area contributed by atoms with E-state index >= 15 is 0 Å². The van der Waals surface area contributed by atoms with Gasteiger partial charge in [0.15, 0.2) is 0 Å². The summed E-state index contributed by atoms with van der Waals surface area (Å²) in [6.45, 7) is 2.32. The Morgan fingerprint density at radius 3 is 3.15 bits per heavy atom. The number of hydrogen-bond donors (Lipinski definition) is 3. The second-order valence-electron chi connectivity index (χ2n) is 2.78. The van der Waals surface area contributed by atoms with E-state index in [-0.39, 0.29) is 11.7 Å². The topological polar surface area (TPSA) is 78.0 Å². The molecule has 0 radical (unpaired) electrons. The monoisotopic (exact) mass is 183 g/mol. The van der Waals surface area contributed by atoms with Crippen molar-refractivity contribution in [3.63, 3.8) is 0 Å². The zero-order chi connectivity index (χ0) is 9.68. The first-order valence-corrected chi connectivity index (χ1v) is 4.19. The van der Waals surface area contributed by atoms with Crippen LogP contribution >= 0.6 is 0 Å². The number of anilines is 1. The fourth-order valence-electron chi connectivity index (χ4n) is 0.853. The van der Waals surface area contributed by atoms with Crippen LogP contribution in [0.4, 0.5) is 5.69 Å². The maximum Gasteiger partial charge on any atom is 0.266 e. The summed E-state index contributed by atoms with van der Waals surface area (Å²) in [6.07, 6.45) is 1.80. The zero-order valence-corrected chi connectivity index (χ0v) is 7.45. The Morgan fingerprint density at radius 2 is 2.54 bits per heavy atom. The molecule has 0 saturated heterocycles. The Morgan fingerprint density at radius 1 is 1.77 bits per heavy atom. The predicted octanol–water partition coefficient (Wildman–Crippen LogP) is -0.0473. The zero-order valence-electron chi connectivity index (χ0n) is 7.45. The van der Waals surface area contributed by atoms with Gasteiger partial charge in [-0.15, -0.1) is 0 Å². The summed E-state index contributed by atoms with van der Waals surface area (Å²) in [5.74, 6) is 0. The summed E-state index contributed by atoms with van der Waals surface area (Å²) in [5, 5.41) is 18.0. The van der Waals surface area contributed by atoms with Gasteiger partial charge in [0.05, 0.1) is 18.0 Å². The smallest absolute Gasteiger partial charge is 0.266 e. The number of aromatic nitrogens is 2. The van der Waals surface area contributed by atoms with Crippen LogP contribution in [0, 0.1) is 0 Å². The molecular weight excluding hydrogens is 170 g/mol. The third-order valence-electron chi connectivity index (χ3n) is 1.68. The van der Waals surface area contributed by atoms with Gasteiger partial charge in [-0.1, -0.05) is 6.92 Å². The number of aliphatic hydroxyl groups is 1. The van der Waals surface area contributed by atoms with E-state index in [1.54, 1.807) is 0 Å². The van der Waals surface area contributed by atoms with Crippen molar-refractivity contribution in [2.75, 3.05) is 11.9 Å². The van der Waals surface area contributed by atoms with Crippen LogP contribution in [0.15, 0.2) is 17.1 Å². The minimum absolute atomic E-state index is 0.254. The average Bonchev–Trinajstić information content (AvgIpc) is 2.14. The number of H-pyrrole nitrogens is 1. The number of nitrogens with one attached hydrogen (secondary N) is 2. The van der Waals surface area contributed by atoms with Crippen LogP contribution in [-0.2, 0) is 0 Å². The van der Waals surface area contributed by atoms with Gasteiger partial charge in [0.2, 0.25) is 0 Å². The summed E-state index contributed by atoms with van der Waals surface area (Å²) >= 11 is 0. The Kier molecular flexibility index (Phi) is 3.45. The highest BCUT2D eigenvalue weighted by Gasteiger charge is 1.99. The van der Waals surface area contributed by atoms with E-state index in [2.05, 4.69) is 15.5 Å². The highest BCUT2D eigenvalue weighted by molar-refractivity contribution is 5.38. The molecule has 0 bridgehead atoms. The van der Waals surface area contributed by atoms with Gasteiger partial charge in [-0.3, -0.25) is 4.79 Å². The molecule has 0 amide bonds. The number of rotatable bonds is 4. The van der Waals surface area contributed by atoms with Crippen molar-refractivity contribution in [1.82, 2.24) is 10.2 Å². The standard InChI is InChI=1S/C8H13N3O2/c1-2-7(12)5-9-6-3-8(13)11-10-4-6/h3-4,7,12H,2,5H2,1H3,(H2,9,11,13). The van der Waals surface area contributed by atoms with E-state index in [0.29, 0.717) is 18.7 Å². The lowest BCUT2D eigenvalue weighted by Crippen LogP contribution is -2.19. The number of hydrogen-bond acceptors (Lipinski definition) is 4. The summed E-state index contributed by atoms with van der Waals surface area (Å²) in [4.78, 5) is 10.8. The van der Waals surface area contributed by atoms with Crippen molar-refractivity contribution < 1.29 is 5.11 Å². The van der Waals surface area contributed by atoms with Crippen molar-refractivity contribution in [3.05, 3.63) is 22.6 Å². The lowest BCUT2D eigenvalue weighted by Gasteiger charge is -2.09. The first kappa shape index (κ1) is 9.73. The van der Waals surface area contributed by atoms with Crippen LogP contribution in [0.3, 0.4) is 0 Å². The predicted molar refractivity (Wildman–Crippen MR) is 49.6 cm³/mol. The van der Waals surface area contributed by atoms with Gasteiger partial charge in [-0.2, -0.15) is 5.10 Å². The third-order valence-corrected chi connectivity index (χ3v) is 1.68. The number of aliphatic hydroxyl groups excluding tert-OH is 1. The first-order valence-electron chi connectivity index (χ1n) is 4.19. The lowest BCUT2D eigenvalue weighted by atomic mass is 10.3. The van der Waals surface area contributed by atoms with Crippen LogP contribution in [0.25, 0.3) is 0 Å². The highest BCUT2D eigenvalue weighted by Crippen LogP contribution is 1.99. The second-order valence-corrected chi connectivity index (χ2v) is 2.78. The van der Waals surface area contributed by atoms with Crippen LogP contribution in [0.1, 0.15) is 13.3 Å². The maximum atomic E-state index is 10.8. The van der Waals surface area contributed by atoms with E-state index in [0.717, 1.165) is 0 Å². The molecular formula is C8H13N3O2. The first-order chi connectivity index (χ1) is 6.22. The quantitative estimate of drug-likeness (QED) is 0.611. The van der Waals surface area contributed by atoms with Crippen molar-refractivity contribution in [2.24, 2.45) is 0 Å². The molecule has 0 saturated carbocycles. The molecule has 0 aliphatic heterocycles. The van der Waals surface area contributed by atoms with Crippen LogP contribution < -0.4 is 10.9 Å². The SMILES string of the molecule is CCC(O)CNc1cn[nH]c(=O)c1. The molecule has 3 N–H and O–H groups in total. The summed E-state index contributed by atoms with van der Waals surface area (Å²) in [6, 6.07) is 1.40. The molecule has 0 aliphatic rings. The van der Waals surface area contributed by atoms with Gasteiger partial charge in [0, 0.05) is 12.6 Å². The van der Waals surface area contributed by atoms with Crippen molar-refractivity contribution in [3.8, 4) is 0 Å². The summed E-state index contributed by atoms with van der Waals surface area (Å²) in [5.41, 5.74) is 0.368. The molecule has 1 atom stereocenters. The van der Waals surface area contributed by atoms with Gasteiger partial charge >= 0.3 is 0 Å². The van der Waals surface area contributed by atoms with Crippen molar-refractivity contribution in [2.45, 2.75) is 19.4 Å². The molecule has 1 rings (SSSR count). The Bertz CT molecular complexity index is 310. The van der Waals surface area contributed by atoms with E-state index < -0.39 is 0 Å². The van der Waals surface area contributed by atoms with E-state index in [1.165, 1.54) is 12.3 Å². The molecule has 1 aromatic heterocycles. The molecule has 72 valence electrons. The minimum atomic E-state index is -0.390. The van der Waals surface area contributed by atoms with Crippen LogP contribution in [0.2, 0.25) is 0 Å². The van der Waals surface area contributed by atoms with Crippen molar-refractivity contribution in [1.29, 1.82) is 0 Å². The Labute approximate surface area is 75.8 Å². The molecule has 5 heteroatoms. The normalized spacial score (nSPS) is 12.5.